The minimum absolute atomic E-state index is 0.0976. The van der Waals surface area contributed by atoms with Crippen LogP contribution >= 0.6 is 0 Å². The van der Waals surface area contributed by atoms with E-state index in [0.717, 1.165) is 25.8 Å². The van der Waals surface area contributed by atoms with Gasteiger partial charge in [-0.2, -0.15) is 0 Å². The number of ether oxygens (including phenoxy) is 1. The van der Waals surface area contributed by atoms with E-state index < -0.39 is 6.04 Å². The summed E-state index contributed by atoms with van der Waals surface area (Å²) in [4.78, 5) is 40.2. The van der Waals surface area contributed by atoms with Crippen LogP contribution in [0, 0.1) is 5.92 Å². The van der Waals surface area contributed by atoms with Crippen molar-refractivity contribution in [2.24, 2.45) is 5.92 Å². The van der Waals surface area contributed by atoms with Crippen LogP contribution in [0.2, 0.25) is 0 Å². The molecule has 7 nitrogen and oxygen atoms in total. The molecule has 27 heavy (non-hydrogen) atoms. The van der Waals surface area contributed by atoms with Crippen molar-refractivity contribution in [2.75, 3.05) is 33.8 Å². The van der Waals surface area contributed by atoms with E-state index in [4.69, 9.17) is 4.74 Å². The second kappa shape index (κ2) is 11.1. The van der Waals surface area contributed by atoms with E-state index in [-0.39, 0.29) is 30.4 Å². The summed E-state index contributed by atoms with van der Waals surface area (Å²) in [6.07, 6.45) is 4.64. The van der Waals surface area contributed by atoms with Crippen LogP contribution in [-0.4, -0.2) is 73.5 Å². The number of likely N-dealkylation sites (tertiary alicyclic amines) is 1. The van der Waals surface area contributed by atoms with E-state index in [2.05, 4.69) is 17.1 Å². The Hall–Kier alpha value is -1.89. The molecule has 7 heteroatoms. The molecule has 0 aliphatic carbocycles. The van der Waals surface area contributed by atoms with Crippen molar-refractivity contribution in [3.63, 3.8) is 0 Å². The van der Waals surface area contributed by atoms with Gasteiger partial charge in [0.25, 0.3) is 0 Å². The fourth-order valence-corrected chi connectivity index (χ4v) is 3.30. The predicted molar refractivity (Wildman–Crippen MR) is 105 cm³/mol. The van der Waals surface area contributed by atoms with Gasteiger partial charge in [0.15, 0.2) is 0 Å². The number of esters is 1. The summed E-state index contributed by atoms with van der Waals surface area (Å²) in [5.74, 6) is -0.0372. The number of nitrogens with one attached hydrogen (secondary N) is 1. The lowest BCUT2D eigenvalue weighted by Gasteiger charge is -2.36. The van der Waals surface area contributed by atoms with Crippen LogP contribution in [0.1, 0.15) is 47.0 Å². The van der Waals surface area contributed by atoms with E-state index in [1.165, 1.54) is 4.90 Å². The lowest BCUT2D eigenvalue weighted by molar-refractivity contribution is -0.138. The first-order valence-electron chi connectivity index (χ1n) is 9.80. The fraction of sp³-hybridized carbons (Fsp3) is 0.750. The molecule has 0 radical (unpaired) electrons. The second-order valence-electron chi connectivity index (χ2n) is 7.36. The summed E-state index contributed by atoms with van der Waals surface area (Å²) in [6, 6.07) is -0.796. The minimum atomic E-state index is -0.615. The van der Waals surface area contributed by atoms with Gasteiger partial charge in [0, 0.05) is 25.7 Å². The van der Waals surface area contributed by atoms with Gasteiger partial charge in [0.05, 0.1) is 12.6 Å². The third-order valence-corrected chi connectivity index (χ3v) is 5.18. The van der Waals surface area contributed by atoms with E-state index in [0.29, 0.717) is 18.1 Å². The summed E-state index contributed by atoms with van der Waals surface area (Å²) in [6.45, 7) is 8.78. The predicted octanol–water partition coefficient (Wildman–Crippen LogP) is 1.58. The van der Waals surface area contributed by atoms with Crippen molar-refractivity contribution in [3.05, 3.63) is 11.6 Å². The lowest BCUT2D eigenvalue weighted by Crippen LogP contribution is -2.54. The third-order valence-electron chi connectivity index (χ3n) is 5.18. The first-order chi connectivity index (χ1) is 12.7. The monoisotopic (exact) mass is 381 g/mol. The standard InChI is InChI=1S/C20H35N3O4/c1-7-16-9-10-17(23(6)13-16)18(24)21-15(4)19(25)22(5)12-11-14(3)20(26)27-8-2/h11,15-17H,7-10,12-13H2,1-6H3,(H,21,24)/b14-11+/t15?,16-,17-/m0/s1. The maximum absolute atomic E-state index is 12.6. The molecule has 0 spiro atoms. The normalized spacial score (nSPS) is 22.1. The van der Waals surface area contributed by atoms with Gasteiger partial charge in [-0.1, -0.05) is 19.4 Å². The Kier molecular flexibility index (Phi) is 9.49. The van der Waals surface area contributed by atoms with Crippen LogP contribution in [0.3, 0.4) is 0 Å². The Labute approximate surface area is 163 Å². The Morgan fingerprint density at radius 2 is 1.96 bits per heavy atom. The number of rotatable bonds is 8. The van der Waals surface area contributed by atoms with Crippen LogP contribution in [-0.2, 0) is 19.1 Å². The molecule has 1 N–H and O–H groups in total. The lowest BCUT2D eigenvalue weighted by atomic mass is 9.91. The van der Waals surface area contributed by atoms with E-state index >= 15 is 0 Å². The smallest absolute Gasteiger partial charge is 0.333 e. The van der Waals surface area contributed by atoms with Gasteiger partial charge in [-0.15, -0.1) is 0 Å². The highest BCUT2D eigenvalue weighted by molar-refractivity contribution is 5.90. The van der Waals surface area contributed by atoms with Gasteiger partial charge in [0.2, 0.25) is 11.8 Å². The molecule has 1 saturated heterocycles. The number of likely N-dealkylation sites (N-methyl/N-ethyl adjacent to an activating group) is 2. The fourth-order valence-electron chi connectivity index (χ4n) is 3.30. The first-order valence-corrected chi connectivity index (χ1v) is 9.80. The number of nitrogens with zero attached hydrogens (tertiary/aromatic N) is 2. The quantitative estimate of drug-likeness (QED) is 0.510. The topological polar surface area (TPSA) is 79.0 Å². The Morgan fingerprint density at radius 1 is 1.30 bits per heavy atom. The van der Waals surface area contributed by atoms with Crippen LogP contribution in [0.25, 0.3) is 0 Å². The van der Waals surface area contributed by atoms with Crippen LogP contribution in [0.5, 0.6) is 0 Å². The highest BCUT2D eigenvalue weighted by atomic mass is 16.5. The number of carbonyl (C=O) groups excluding carboxylic acids is 3. The summed E-state index contributed by atoms with van der Waals surface area (Å²) in [7, 11) is 3.62. The molecule has 154 valence electrons. The average molecular weight is 382 g/mol. The third kappa shape index (κ3) is 6.97. The zero-order valence-electron chi connectivity index (χ0n) is 17.6. The highest BCUT2D eigenvalue weighted by Crippen LogP contribution is 2.23. The maximum Gasteiger partial charge on any atom is 0.333 e. The molecular formula is C20H35N3O4. The second-order valence-corrected chi connectivity index (χ2v) is 7.36. The van der Waals surface area contributed by atoms with E-state index in [9.17, 15) is 14.4 Å². The molecule has 1 heterocycles. The van der Waals surface area contributed by atoms with Crippen LogP contribution in [0.4, 0.5) is 0 Å². The van der Waals surface area contributed by atoms with Gasteiger partial charge in [-0.25, -0.2) is 4.79 Å². The number of piperidine rings is 1. The summed E-state index contributed by atoms with van der Waals surface area (Å²) in [5, 5.41) is 2.84. The summed E-state index contributed by atoms with van der Waals surface area (Å²) < 4.78 is 4.92. The van der Waals surface area contributed by atoms with Gasteiger partial charge in [-0.3, -0.25) is 14.5 Å². The zero-order valence-corrected chi connectivity index (χ0v) is 17.6. The number of amides is 2. The molecule has 3 atom stereocenters. The molecule has 1 rings (SSSR count). The molecule has 2 amide bonds. The molecular weight excluding hydrogens is 346 g/mol. The van der Waals surface area contributed by atoms with Crippen molar-refractivity contribution in [1.82, 2.24) is 15.1 Å². The van der Waals surface area contributed by atoms with Gasteiger partial charge < -0.3 is 15.0 Å². The molecule has 0 aromatic carbocycles. The Bertz CT molecular complexity index is 561. The van der Waals surface area contributed by atoms with Crippen molar-refractivity contribution in [2.45, 2.75) is 59.0 Å². The first kappa shape index (κ1) is 23.1. The molecule has 0 bridgehead atoms. The van der Waals surface area contributed by atoms with Gasteiger partial charge in [-0.05, 0) is 46.6 Å². The molecule has 0 saturated carbocycles. The van der Waals surface area contributed by atoms with Crippen molar-refractivity contribution in [3.8, 4) is 0 Å². The average Bonchev–Trinajstić information content (AvgIpc) is 2.64. The van der Waals surface area contributed by atoms with Crippen molar-refractivity contribution < 1.29 is 19.1 Å². The molecule has 1 aliphatic rings. The maximum atomic E-state index is 12.6. The molecule has 1 unspecified atom stereocenters. The largest absolute Gasteiger partial charge is 0.463 e. The van der Waals surface area contributed by atoms with Crippen LogP contribution < -0.4 is 5.32 Å². The number of hydrogen-bond donors (Lipinski definition) is 1. The molecule has 0 aromatic rings. The summed E-state index contributed by atoms with van der Waals surface area (Å²) in [5.41, 5.74) is 0.461. The molecule has 1 aliphatic heterocycles. The zero-order chi connectivity index (χ0) is 20.6. The Morgan fingerprint density at radius 3 is 2.52 bits per heavy atom. The van der Waals surface area contributed by atoms with Crippen molar-refractivity contribution in [1.29, 1.82) is 0 Å². The number of hydrogen-bond acceptors (Lipinski definition) is 5. The summed E-state index contributed by atoms with van der Waals surface area (Å²) >= 11 is 0. The van der Waals surface area contributed by atoms with Gasteiger partial charge in [0.1, 0.15) is 6.04 Å². The van der Waals surface area contributed by atoms with E-state index in [1.807, 2.05) is 7.05 Å². The molecule has 1 fully saturated rings. The van der Waals surface area contributed by atoms with E-state index in [1.54, 1.807) is 33.9 Å². The highest BCUT2D eigenvalue weighted by Gasteiger charge is 2.31. The molecule has 0 aromatic heterocycles. The van der Waals surface area contributed by atoms with Crippen molar-refractivity contribution >= 4 is 17.8 Å². The SMILES string of the molecule is CCOC(=O)/C(C)=C/CN(C)C(=O)C(C)NC(=O)[C@@H]1CC[C@H](CC)CN1C. The van der Waals surface area contributed by atoms with Crippen LogP contribution in [0.15, 0.2) is 11.6 Å². The Balaban J connectivity index is 2.54. The minimum Gasteiger partial charge on any atom is -0.463 e. The van der Waals surface area contributed by atoms with Gasteiger partial charge >= 0.3 is 5.97 Å². The number of carbonyl (C=O) groups is 3.